The Hall–Kier alpha value is -1.83. The average Bonchev–Trinajstić information content (AvgIpc) is 2.33. The van der Waals surface area contributed by atoms with Crippen LogP contribution in [0.3, 0.4) is 0 Å². The second kappa shape index (κ2) is 6.20. The molecule has 0 spiro atoms. The molecule has 1 aromatic rings. The molecule has 0 amide bonds. The van der Waals surface area contributed by atoms with Crippen LogP contribution < -0.4 is 10.6 Å². The first-order chi connectivity index (χ1) is 8.49. The number of anilines is 2. The minimum atomic E-state index is -0.0415. The summed E-state index contributed by atoms with van der Waals surface area (Å²) >= 11 is 0. The fourth-order valence-corrected chi connectivity index (χ4v) is 1.81. The number of nitrogen functional groups attached to an aromatic ring is 1. The van der Waals surface area contributed by atoms with Crippen molar-refractivity contribution in [2.75, 3.05) is 24.2 Å². The van der Waals surface area contributed by atoms with E-state index < -0.39 is 0 Å². The molecule has 0 aliphatic heterocycles. The topological polar surface area (TPSA) is 78.8 Å². The maximum atomic E-state index is 8.86. The standard InChI is InChI=1S/C13H21N5/c1-5-6-11-16-12(15)10(3)13(17-11)18(4)8-9(2)7-14/h9H,5-6,8H2,1-4H3,(H2,15,16,17). The van der Waals surface area contributed by atoms with Crippen molar-refractivity contribution in [1.82, 2.24) is 9.97 Å². The molecular weight excluding hydrogens is 226 g/mol. The summed E-state index contributed by atoms with van der Waals surface area (Å²) in [5.74, 6) is 2.08. The molecule has 1 unspecified atom stereocenters. The Balaban J connectivity index is 3.03. The van der Waals surface area contributed by atoms with Crippen LogP contribution in [0.1, 0.15) is 31.7 Å². The highest BCUT2D eigenvalue weighted by Crippen LogP contribution is 2.21. The molecule has 1 atom stereocenters. The lowest BCUT2D eigenvalue weighted by molar-refractivity contribution is 0.703. The fourth-order valence-electron chi connectivity index (χ4n) is 1.81. The van der Waals surface area contributed by atoms with Crippen LogP contribution >= 0.6 is 0 Å². The van der Waals surface area contributed by atoms with E-state index in [1.807, 2.05) is 25.8 Å². The van der Waals surface area contributed by atoms with Gasteiger partial charge >= 0.3 is 0 Å². The van der Waals surface area contributed by atoms with Crippen LogP contribution in [0.15, 0.2) is 0 Å². The Morgan fingerprint density at radius 3 is 2.67 bits per heavy atom. The van der Waals surface area contributed by atoms with E-state index in [1.165, 1.54) is 0 Å². The highest BCUT2D eigenvalue weighted by Gasteiger charge is 2.14. The van der Waals surface area contributed by atoms with Crippen molar-refractivity contribution in [2.24, 2.45) is 5.92 Å². The van der Waals surface area contributed by atoms with Crippen LogP contribution in [0, 0.1) is 24.2 Å². The molecule has 0 saturated heterocycles. The molecule has 1 heterocycles. The van der Waals surface area contributed by atoms with E-state index >= 15 is 0 Å². The molecule has 0 bridgehead atoms. The molecular formula is C13H21N5. The Morgan fingerprint density at radius 1 is 1.44 bits per heavy atom. The molecule has 0 aliphatic carbocycles. The summed E-state index contributed by atoms with van der Waals surface area (Å²) in [5, 5.41) is 8.86. The van der Waals surface area contributed by atoms with E-state index in [0.717, 1.165) is 30.0 Å². The van der Waals surface area contributed by atoms with Gasteiger partial charge in [0.2, 0.25) is 0 Å². The smallest absolute Gasteiger partial charge is 0.137 e. The predicted octanol–water partition coefficient (Wildman–Crippen LogP) is 1.92. The van der Waals surface area contributed by atoms with E-state index in [0.29, 0.717) is 12.4 Å². The Morgan fingerprint density at radius 2 is 2.11 bits per heavy atom. The van der Waals surface area contributed by atoms with Crippen molar-refractivity contribution in [2.45, 2.75) is 33.6 Å². The monoisotopic (exact) mass is 247 g/mol. The summed E-state index contributed by atoms with van der Waals surface area (Å²) in [6, 6.07) is 2.22. The van der Waals surface area contributed by atoms with Gasteiger partial charge in [0.15, 0.2) is 0 Å². The third-order valence-corrected chi connectivity index (χ3v) is 2.81. The fraction of sp³-hybridized carbons (Fsp3) is 0.615. The van der Waals surface area contributed by atoms with Gasteiger partial charge in [-0.15, -0.1) is 0 Å². The second-order valence-corrected chi connectivity index (χ2v) is 4.63. The normalized spacial score (nSPS) is 11.9. The highest BCUT2D eigenvalue weighted by molar-refractivity contribution is 5.56. The van der Waals surface area contributed by atoms with Gasteiger partial charge in [-0.2, -0.15) is 5.26 Å². The maximum Gasteiger partial charge on any atom is 0.137 e. The third kappa shape index (κ3) is 3.33. The van der Waals surface area contributed by atoms with Crippen LogP contribution in [0.5, 0.6) is 0 Å². The third-order valence-electron chi connectivity index (χ3n) is 2.81. The minimum absolute atomic E-state index is 0.0415. The van der Waals surface area contributed by atoms with Crippen molar-refractivity contribution in [3.63, 3.8) is 0 Å². The summed E-state index contributed by atoms with van der Waals surface area (Å²) < 4.78 is 0. The maximum absolute atomic E-state index is 8.86. The number of aromatic nitrogens is 2. The van der Waals surface area contributed by atoms with Crippen molar-refractivity contribution in [1.29, 1.82) is 5.26 Å². The molecule has 2 N–H and O–H groups in total. The van der Waals surface area contributed by atoms with E-state index in [1.54, 1.807) is 0 Å². The molecule has 1 aromatic heterocycles. The van der Waals surface area contributed by atoms with Gasteiger partial charge < -0.3 is 10.6 Å². The lowest BCUT2D eigenvalue weighted by atomic mass is 10.2. The van der Waals surface area contributed by atoms with Crippen molar-refractivity contribution in [3.8, 4) is 6.07 Å². The molecule has 0 aromatic carbocycles. The zero-order chi connectivity index (χ0) is 13.7. The van der Waals surface area contributed by atoms with Crippen molar-refractivity contribution in [3.05, 3.63) is 11.4 Å². The largest absolute Gasteiger partial charge is 0.383 e. The molecule has 18 heavy (non-hydrogen) atoms. The summed E-state index contributed by atoms with van der Waals surface area (Å²) in [6.07, 6.45) is 1.80. The number of nitrogens with two attached hydrogens (primary N) is 1. The summed E-state index contributed by atoms with van der Waals surface area (Å²) in [5.41, 5.74) is 6.79. The zero-order valence-electron chi connectivity index (χ0n) is 11.6. The van der Waals surface area contributed by atoms with Gasteiger partial charge in [-0.3, -0.25) is 0 Å². The van der Waals surface area contributed by atoms with Gasteiger partial charge in [-0.1, -0.05) is 6.92 Å². The van der Waals surface area contributed by atoms with Crippen LogP contribution in [-0.2, 0) is 6.42 Å². The molecule has 0 fully saturated rings. The Kier molecular flexibility index (Phi) is 4.90. The van der Waals surface area contributed by atoms with Crippen molar-refractivity contribution >= 4 is 11.6 Å². The van der Waals surface area contributed by atoms with Gasteiger partial charge in [0.25, 0.3) is 0 Å². The predicted molar refractivity (Wildman–Crippen MR) is 73.2 cm³/mol. The number of rotatable bonds is 5. The molecule has 0 aliphatic rings. The first-order valence-corrected chi connectivity index (χ1v) is 6.23. The van der Waals surface area contributed by atoms with E-state index in [9.17, 15) is 0 Å². The molecule has 0 saturated carbocycles. The number of aryl methyl sites for hydroxylation is 1. The zero-order valence-corrected chi connectivity index (χ0v) is 11.6. The first kappa shape index (κ1) is 14.2. The van der Waals surface area contributed by atoms with Gasteiger partial charge in [-0.25, -0.2) is 9.97 Å². The average molecular weight is 247 g/mol. The summed E-state index contributed by atoms with van der Waals surface area (Å²) in [4.78, 5) is 10.8. The van der Waals surface area contributed by atoms with Gasteiger partial charge in [0, 0.05) is 25.6 Å². The van der Waals surface area contributed by atoms with Gasteiger partial charge in [-0.05, 0) is 20.3 Å². The second-order valence-electron chi connectivity index (χ2n) is 4.63. The quantitative estimate of drug-likeness (QED) is 0.859. The highest BCUT2D eigenvalue weighted by atomic mass is 15.2. The lowest BCUT2D eigenvalue weighted by Crippen LogP contribution is -2.26. The Labute approximate surface area is 109 Å². The molecule has 0 radical (unpaired) electrons. The minimum Gasteiger partial charge on any atom is -0.383 e. The van der Waals surface area contributed by atoms with Crippen LogP contribution in [-0.4, -0.2) is 23.6 Å². The first-order valence-electron chi connectivity index (χ1n) is 6.23. The Bertz CT molecular complexity index is 449. The SMILES string of the molecule is CCCc1nc(N)c(C)c(N(C)CC(C)C#N)n1. The van der Waals surface area contributed by atoms with Crippen LogP contribution in [0.2, 0.25) is 0 Å². The van der Waals surface area contributed by atoms with E-state index in [4.69, 9.17) is 11.0 Å². The van der Waals surface area contributed by atoms with Crippen molar-refractivity contribution < 1.29 is 0 Å². The molecule has 1 rings (SSSR count). The van der Waals surface area contributed by atoms with Crippen LogP contribution in [0.25, 0.3) is 0 Å². The number of hydrogen-bond acceptors (Lipinski definition) is 5. The number of nitrogens with zero attached hydrogens (tertiary/aromatic N) is 4. The summed E-state index contributed by atoms with van der Waals surface area (Å²) in [7, 11) is 1.93. The van der Waals surface area contributed by atoms with E-state index in [-0.39, 0.29) is 5.92 Å². The number of hydrogen-bond donors (Lipinski definition) is 1. The molecule has 5 nitrogen and oxygen atoms in total. The number of nitriles is 1. The summed E-state index contributed by atoms with van der Waals surface area (Å²) in [6.45, 7) is 6.52. The lowest BCUT2D eigenvalue weighted by Gasteiger charge is -2.22. The molecule has 5 heteroatoms. The molecule has 98 valence electrons. The van der Waals surface area contributed by atoms with E-state index in [2.05, 4.69) is 23.0 Å². The van der Waals surface area contributed by atoms with Crippen LogP contribution in [0.4, 0.5) is 11.6 Å². The van der Waals surface area contributed by atoms with Gasteiger partial charge in [0.05, 0.1) is 12.0 Å². The van der Waals surface area contributed by atoms with Gasteiger partial charge in [0.1, 0.15) is 17.5 Å².